The van der Waals surface area contributed by atoms with Crippen LogP contribution in [0.15, 0.2) is 36.7 Å². The second-order valence-corrected chi connectivity index (χ2v) is 7.27. The minimum Gasteiger partial charge on any atom is -0.302 e. The Labute approximate surface area is 129 Å². The zero-order valence-electron chi connectivity index (χ0n) is 11.4. The Morgan fingerprint density at radius 3 is 3.05 bits per heavy atom. The van der Waals surface area contributed by atoms with Crippen LogP contribution in [0, 0.1) is 0 Å². The molecule has 1 aliphatic rings. The highest BCUT2D eigenvalue weighted by molar-refractivity contribution is 7.80. The van der Waals surface area contributed by atoms with Gasteiger partial charge in [0.2, 0.25) is 0 Å². The molecule has 3 unspecified atom stereocenters. The molecular formula is C14H15N3O2S2. The molecule has 1 fully saturated rings. The van der Waals surface area contributed by atoms with Crippen LogP contribution in [-0.2, 0) is 16.0 Å². The third kappa shape index (κ3) is 2.96. The first-order chi connectivity index (χ1) is 10.2. The summed E-state index contributed by atoms with van der Waals surface area (Å²) >= 11 is 0.303. The van der Waals surface area contributed by atoms with Crippen molar-refractivity contribution in [1.82, 2.24) is 14.0 Å². The normalized spacial score (nSPS) is 26.6. The number of thiophene rings is 1. The van der Waals surface area contributed by atoms with Crippen molar-refractivity contribution in [2.24, 2.45) is 0 Å². The number of aldehydes is 1. The first-order valence-electron chi connectivity index (χ1n) is 6.55. The second-order valence-electron chi connectivity index (χ2n) is 4.85. The summed E-state index contributed by atoms with van der Waals surface area (Å²) in [6, 6.07) is 7.59. The van der Waals surface area contributed by atoms with Gasteiger partial charge in [-0.25, -0.2) is 13.2 Å². The van der Waals surface area contributed by atoms with E-state index in [4.69, 9.17) is 0 Å². The summed E-state index contributed by atoms with van der Waals surface area (Å²) in [7, 11) is 1.69. The van der Waals surface area contributed by atoms with Crippen molar-refractivity contribution in [2.75, 3.05) is 7.05 Å². The minimum absolute atomic E-state index is 0.0624. The molecule has 0 saturated carbocycles. The number of hydrogen-bond donors (Lipinski definition) is 1. The standard InChI is InChI=1S/C14H15N3O2S2/c1-17-11(9-18)7-12(16-21(17)19)14-5-4-13(20-14)10-3-2-6-15-8-10/h2-6,8-9,11-12,16H,7H2,1H3. The monoisotopic (exact) mass is 321 g/mol. The Bertz CT molecular complexity index is 659. The van der Waals surface area contributed by atoms with Crippen molar-refractivity contribution in [3.63, 3.8) is 0 Å². The van der Waals surface area contributed by atoms with Gasteiger partial charge in [0.05, 0.1) is 12.1 Å². The van der Waals surface area contributed by atoms with Gasteiger partial charge in [-0.05, 0) is 24.6 Å². The van der Waals surface area contributed by atoms with Crippen LogP contribution in [0.25, 0.3) is 10.4 Å². The van der Waals surface area contributed by atoms with E-state index < -0.39 is 11.2 Å². The molecule has 110 valence electrons. The van der Waals surface area contributed by atoms with Crippen molar-refractivity contribution < 1.29 is 9.00 Å². The molecule has 3 heterocycles. The highest BCUT2D eigenvalue weighted by Crippen LogP contribution is 2.34. The largest absolute Gasteiger partial charge is 0.302 e. The molecular weight excluding hydrogens is 306 g/mol. The quantitative estimate of drug-likeness (QED) is 0.879. The van der Waals surface area contributed by atoms with Crippen molar-refractivity contribution in [3.05, 3.63) is 41.5 Å². The van der Waals surface area contributed by atoms with Crippen LogP contribution in [0.3, 0.4) is 0 Å². The molecule has 21 heavy (non-hydrogen) atoms. The van der Waals surface area contributed by atoms with Crippen molar-refractivity contribution in [3.8, 4) is 10.4 Å². The summed E-state index contributed by atoms with van der Waals surface area (Å²) in [5.74, 6) is 0. The molecule has 5 nitrogen and oxygen atoms in total. The molecule has 0 amide bonds. The number of nitrogens with one attached hydrogen (secondary N) is 1. The van der Waals surface area contributed by atoms with Crippen LogP contribution in [0.1, 0.15) is 17.3 Å². The van der Waals surface area contributed by atoms with Crippen LogP contribution in [0.5, 0.6) is 0 Å². The molecule has 2 aromatic rings. The Morgan fingerprint density at radius 1 is 1.48 bits per heavy atom. The summed E-state index contributed by atoms with van der Waals surface area (Å²) in [5, 5.41) is 0. The summed E-state index contributed by atoms with van der Waals surface area (Å²) in [6.07, 6.45) is 5.05. The SMILES string of the molecule is CN1C(C=O)CC(c2ccc(-c3cccnc3)s2)NS1=O. The maximum Gasteiger partial charge on any atom is 0.170 e. The van der Waals surface area contributed by atoms with Crippen LogP contribution in [0.4, 0.5) is 0 Å². The molecule has 2 aromatic heterocycles. The predicted molar refractivity (Wildman–Crippen MR) is 83.8 cm³/mol. The van der Waals surface area contributed by atoms with Gasteiger partial charge >= 0.3 is 0 Å². The van der Waals surface area contributed by atoms with Gasteiger partial charge in [0, 0.05) is 34.8 Å². The van der Waals surface area contributed by atoms with Gasteiger partial charge < -0.3 is 4.79 Å². The summed E-state index contributed by atoms with van der Waals surface area (Å²) in [5.41, 5.74) is 1.06. The fourth-order valence-corrected chi connectivity index (χ4v) is 4.44. The molecule has 0 bridgehead atoms. The third-order valence-electron chi connectivity index (χ3n) is 3.52. The number of aromatic nitrogens is 1. The molecule has 7 heteroatoms. The Balaban J connectivity index is 1.83. The van der Waals surface area contributed by atoms with Gasteiger partial charge in [-0.2, -0.15) is 0 Å². The van der Waals surface area contributed by atoms with Crippen molar-refractivity contribution in [2.45, 2.75) is 18.5 Å². The van der Waals surface area contributed by atoms with Crippen LogP contribution < -0.4 is 4.72 Å². The average molecular weight is 321 g/mol. The smallest absolute Gasteiger partial charge is 0.170 e. The van der Waals surface area contributed by atoms with E-state index in [9.17, 15) is 9.00 Å². The average Bonchev–Trinajstić information content (AvgIpc) is 3.00. The Kier molecular flexibility index (Phi) is 4.25. The van der Waals surface area contributed by atoms with Crippen LogP contribution >= 0.6 is 11.3 Å². The van der Waals surface area contributed by atoms with Gasteiger partial charge in [-0.15, -0.1) is 11.3 Å². The number of likely N-dealkylation sites (N-methyl/N-ethyl adjacent to an activating group) is 1. The first-order valence-corrected chi connectivity index (χ1v) is 8.47. The number of carbonyl (C=O) groups excluding carboxylic acids is 1. The second kappa shape index (κ2) is 6.15. The van der Waals surface area contributed by atoms with E-state index in [0.29, 0.717) is 6.42 Å². The van der Waals surface area contributed by atoms with Gasteiger partial charge in [-0.3, -0.25) is 4.98 Å². The highest BCUT2D eigenvalue weighted by atomic mass is 32.2. The van der Waals surface area contributed by atoms with Gasteiger partial charge in [0.1, 0.15) is 6.29 Å². The number of carbonyl (C=O) groups is 1. The maximum atomic E-state index is 12.0. The predicted octanol–water partition coefficient (Wildman–Crippen LogP) is 1.92. The molecule has 3 rings (SSSR count). The zero-order chi connectivity index (χ0) is 14.8. The number of nitrogens with zero attached hydrogens (tertiary/aromatic N) is 2. The molecule has 0 radical (unpaired) electrons. The lowest BCUT2D eigenvalue weighted by Crippen LogP contribution is -2.48. The summed E-state index contributed by atoms with van der Waals surface area (Å²) in [4.78, 5) is 17.4. The van der Waals surface area contributed by atoms with Gasteiger partial charge in [0.15, 0.2) is 11.2 Å². The number of hydrogen-bond acceptors (Lipinski definition) is 4. The lowest BCUT2D eigenvalue weighted by Gasteiger charge is -2.32. The van der Waals surface area contributed by atoms with Crippen molar-refractivity contribution >= 4 is 28.8 Å². The molecule has 0 spiro atoms. The van der Waals surface area contributed by atoms with E-state index >= 15 is 0 Å². The number of rotatable bonds is 3. The van der Waals surface area contributed by atoms with E-state index in [1.165, 1.54) is 0 Å². The lowest BCUT2D eigenvalue weighted by molar-refractivity contribution is -0.111. The summed E-state index contributed by atoms with van der Waals surface area (Å²) < 4.78 is 16.6. The molecule has 1 aliphatic heterocycles. The van der Waals surface area contributed by atoms with E-state index in [1.807, 2.05) is 30.5 Å². The first kappa shape index (κ1) is 14.5. The topological polar surface area (TPSA) is 62.3 Å². The molecule has 1 N–H and O–H groups in total. The Hall–Kier alpha value is -1.41. The van der Waals surface area contributed by atoms with Crippen molar-refractivity contribution in [1.29, 1.82) is 0 Å². The maximum absolute atomic E-state index is 12.0. The zero-order valence-corrected chi connectivity index (χ0v) is 13.1. The van der Waals surface area contributed by atoms with E-state index in [2.05, 4.69) is 9.71 Å². The van der Waals surface area contributed by atoms with Crippen LogP contribution in [0.2, 0.25) is 0 Å². The van der Waals surface area contributed by atoms with E-state index in [-0.39, 0.29) is 12.1 Å². The fourth-order valence-electron chi connectivity index (χ4n) is 2.29. The fraction of sp³-hybridized carbons (Fsp3) is 0.286. The molecule has 0 aliphatic carbocycles. The highest BCUT2D eigenvalue weighted by Gasteiger charge is 2.32. The molecule has 0 aromatic carbocycles. The molecule has 3 atom stereocenters. The van der Waals surface area contributed by atoms with Gasteiger partial charge in [0.25, 0.3) is 0 Å². The van der Waals surface area contributed by atoms with E-state index in [0.717, 1.165) is 21.6 Å². The van der Waals surface area contributed by atoms with Gasteiger partial charge in [-0.1, -0.05) is 6.07 Å². The lowest BCUT2D eigenvalue weighted by atomic mass is 10.1. The van der Waals surface area contributed by atoms with E-state index in [1.54, 1.807) is 28.9 Å². The Morgan fingerprint density at radius 2 is 2.33 bits per heavy atom. The van der Waals surface area contributed by atoms with Crippen LogP contribution in [-0.4, -0.2) is 32.9 Å². The summed E-state index contributed by atoms with van der Waals surface area (Å²) in [6.45, 7) is 0. The third-order valence-corrected chi connectivity index (χ3v) is 6.05. The minimum atomic E-state index is -1.33. The molecule has 1 saturated heterocycles. The number of pyridine rings is 1.